The standard InChI is InChI=1S/C10H16F3N3O/c11-10(12,13)6-14-9(17)15-7-3-5-16-4-1-2-8(7)16/h7-8H,1-6H2,(H2,14,15,17). The highest BCUT2D eigenvalue weighted by Crippen LogP contribution is 2.27. The van der Waals surface area contributed by atoms with Gasteiger partial charge in [0.05, 0.1) is 0 Å². The number of urea groups is 1. The monoisotopic (exact) mass is 251 g/mol. The van der Waals surface area contributed by atoms with Gasteiger partial charge in [-0.05, 0) is 25.8 Å². The van der Waals surface area contributed by atoms with Crippen molar-refractivity contribution in [3.8, 4) is 0 Å². The molecule has 0 saturated carbocycles. The highest BCUT2D eigenvalue weighted by atomic mass is 19.4. The molecule has 7 heteroatoms. The molecule has 2 rings (SSSR count). The molecule has 0 aromatic rings. The van der Waals surface area contributed by atoms with Crippen LogP contribution in [0.25, 0.3) is 0 Å². The second-order valence-electron chi connectivity index (χ2n) is 4.58. The van der Waals surface area contributed by atoms with Gasteiger partial charge in [-0.1, -0.05) is 0 Å². The smallest absolute Gasteiger partial charge is 0.334 e. The number of nitrogens with one attached hydrogen (secondary N) is 2. The summed E-state index contributed by atoms with van der Waals surface area (Å²) in [6.45, 7) is 0.682. The molecule has 0 bridgehead atoms. The molecule has 0 aliphatic carbocycles. The Morgan fingerprint density at radius 2 is 2.06 bits per heavy atom. The number of alkyl halides is 3. The Kier molecular flexibility index (Phi) is 3.46. The van der Waals surface area contributed by atoms with Crippen LogP contribution >= 0.6 is 0 Å². The molecule has 0 spiro atoms. The Morgan fingerprint density at radius 3 is 2.76 bits per heavy atom. The summed E-state index contributed by atoms with van der Waals surface area (Å²) in [7, 11) is 0. The lowest BCUT2D eigenvalue weighted by Crippen LogP contribution is -2.48. The van der Waals surface area contributed by atoms with Crippen LogP contribution in [0.1, 0.15) is 19.3 Å². The fraction of sp³-hybridized carbons (Fsp3) is 0.900. The quantitative estimate of drug-likeness (QED) is 0.771. The molecule has 2 N–H and O–H groups in total. The zero-order chi connectivity index (χ0) is 12.5. The number of amides is 2. The number of hydrogen-bond donors (Lipinski definition) is 2. The van der Waals surface area contributed by atoms with E-state index in [9.17, 15) is 18.0 Å². The van der Waals surface area contributed by atoms with E-state index in [4.69, 9.17) is 0 Å². The van der Waals surface area contributed by atoms with Crippen LogP contribution in [0.4, 0.5) is 18.0 Å². The van der Waals surface area contributed by atoms with E-state index in [0.717, 1.165) is 32.4 Å². The average molecular weight is 251 g/mol. The van der Waals surface area contributed by atoms with Crippen LogP contribution in [-0.2, 0) is 0 Å². The third kappa shape index (κ3) is 3.24. The lowest BCUT2D eigenvalue weighted by atomic mass is 10.1. The predicted octanol–water partition coefficient (Wildman–Crippen LogP) is 1.08. The molecule has 2 aliphatic rings. The first-order valence-electron chi connectivity index (χ1n) is 5.81. The van der Waals surface area contributed by atoms with Gasteiger partial charge >= 0.3 is 12.2 Å². The van der Waals surface area contributed by atoms with Crippen LogP contribution in [0, 0.1) is 0 Å². The zero-order valence-corrected chi connectivity index (χ0v) is 9.39. The summed E-state index contributed by atoms with van der Waals surface area (Å²) in [6, 6.07) is -0.418. The number of rotatable bonds is 2. The van der Waals surface area contributed by atoms with Crippen LogP contribution in [0.2, 0.25) is 0 Å². The number of halogens is 3. The normalized spacial score (nSPS) is 29.1. The van der Waals surface area contributed by atoms with Gasteiger partial charge in [-0.25, -0.2) is 4.79 Å². The highest BCUT2D eigenvalue weighted by molar-refractivity contribution is 5.74. The van der Waals surface area contributed by atoms with Crippen molar-refractivity contribution in [3.63, 3.8) is 0 Å². The van der Waals surface area contributed by atoms with Crippen LogP contribution in [0.3, 0.4) is 0 Å². The van der Waals surface area contributed by atoms with Gasteiger partial charge in [-0.15, -0.1) is 0 Å². The highest BCUT2D eigenvalue weighted by Gasteiger charge is 2.38. The van der Waals surface area contributed by atoms with Gasteiger partial charge in [-0.3, -0.25) is 4.90 Å². The summed E-state index contributed by atoms with van der Waals surface area (Å²) in [5, 5.41) is 4.47. The van der Waals surface area contributed by atoms with Gasteiger partial charge in [0.25, 0.3) is 0 Å². The molecule has 0 aromatic heterocycles. The van der Waals surface area contributed by atoms with E-state index < -0.39 is 18.8 Å². The van der Waals surface area contributed by atoms with Gasteiger partial charge in [0.2, 0.25) is 0 Å². The molecule has 2 heterocycles. The van der Waals surface area contributed by atoms with E-state index in [-0.39, 0.29) is 6.04 Å². The predicted molar refractivity (Wildman–Crippen MR) is 55.6 cm³/mol. The first kappa shape index (κ1) is 12.5. The van der Waals surface area contributed by atoms with Crippen molar-refractivity contribution < 1.29 is 18.0 Å². The van der Waals surface area contributed by atoms with Crippen molar-refractivity contribution in [2.75, 3.05) is 19.6 Å². The first-order chi connectivity index (χ1) is 7.96. The third-order valence-corrected chi connectivity index (χ3v) is 3.37. The molecule has 2 saturated heterocycles. The van der Waals surface area contributed by atoms with Crippen LogP contribution in [0.15, 0.2) is 0 Å². The molecule has 17 heavy (non-hydrogen) atoms. The van der Waals surface area contributed by atoms with Crippen molar-refractivity contribution in [2.24, 2.45) is 0 Å². The average Bonchev–Trinajstić information content (AvgIpc) is 2.79. The number of nitrogens with zero attached hydrogens (tertiary/aromatic N) is 1. The second kappa shape index (κ2) is 4.72. The van der Waals surface area contributed by atoms with E-state index in [1.54, 1.807) is 0 Å². The van der Waals surface area contributed by atoms with Gasteiger partial charge in [0, 0.05) is 18.6 Å². The minimum atomic E-state index is -4.35. The number of hydrogen-bond acceptors (Lipinski definition) is 2. The minimum Gasteiger partial charge on any atom is -0.334 e. The Labute approximate surface area is 97.5 Å². The van der Waals surface area contributed by atoms with E-state index in [0.29, 0.717) is 6.04 Å². The SMILES string of the molecule is O=C(NCC(F)(F)F)NC1CCN2CCCC12. The molecule has 0 radical (unpaired) electrons. The molecule has 2 fully saturated rings. The fourth-order valence-corrected chi connectivity index (χ4v) is 2.65. The molecule has 0 aromatic carbocycles. The number of carbonyl (C=O) groups is 1. The molecule has 2 amide bonds. The molecular weight excluding hydrogens is 235 g/mol. The molecule has 4 nitrogen and oxygen atoms in total. The van der Waals surface area contributed by atoms with Crippen molar-refractivity contribution in [3.05, 3.63) is 0 Å². The maximum Gasteiger partial charge on any atom is 0.405 e. The molecule has 2 aliphatic heterocycles. The first-order valence-corrected chi connectivity index (χ1v) is 5.81. The van der Waals surface area contributed by atoms with Crippen LogP contribution in [0.5, 0.6) is 0 Å². The Hall–Kier alpha value is -0.980. The van der Waals surface area contributed by atoms with Crippen molar-refractivity contribution in [1.29, 1.82) is 0 Å². The van der Waals surface area contributed by atoms with Crippen molar-refractivity contribution in [2.45, 2.75) is 37.5 Å². The topological polar surface area (TPSA) is 44.4 Å². The zero-order valence-electron chi connectivity index (χ0n) is 9.39. The number of fused-ring (bicyclic) bond motifs is 1. The summed E-state index contributed by atoms with van der Waals surface area (Å²) < 4.78 is 35.7. The van der Waals surface area contributed by atoms with E-state index in [2.05, 4.69) is 10.2 Å². The van der Waals surface area contributed by atoms with Crippen LogP contribution in [-0.4, -0.2) is 48.8 Å². The number of carbonyl (C=O) groups excluding carboxylic acids is 1. The second-order valence-corrected chi connectivity index (χ2v) is 4.58. The van der Waals surface area contributed by atoms with Gasteiger partial charge in [-0.2, -0.15) is 13.2 Å². The largest absolute Gasteiger partial charge is 0.405 e. The lowest BCUT2D eigenvalue weighted by Gasteiger charge is -2.21. The van der Waals surface area contributed by atoms with E-state index in [1.165, 1.54) is 0 Å². The Bertz CT molecular complexity index is 295. The minimum absolute atomic E-state index is 0.00858. The molecular formula is C10H16F3N3O. The lowest BCUT2D eigenvalue weighted by molar-refractivity contribution is -0.122. The van der Waals surface area contributed by atoms with Crippen LogP contribution < -0.4 is 10.6 Å². The summed E-state index contributed by atoms with van der Waals surface area (Å²) in [5.74, 6) is 0. The summed E-state index contributed by atoms with van der Waals surface area (Å²) in [5.41, 5.74) is 0. The molecule has 2 atom stereocenters. The maximum atomic E-state index is 11.9. The summed E-state index contributed by atoms with van der Waals surface area (Å²) in [6.07, 6.45) is -1.41. The third-order valence-electron chi connectivity index (χ3n) is 3.37. The van der Waals surface area contributed by atoms with E-state index in [1.807, 2.05) is 5.32 Å². The maximum absolute atomic E-state index is 11.9. The molecule has 98 valence electrons. The van der Waals surface area contributed by atoms with Crippen molar-refractivity contribution in [1.82, 2.24) is 15.5 Å². The van der Waals surface area contributed by atoms with Crippen molar-refractivity contribution >= 4 is 6.03 Å². The summed E-state index contributed by atoms with van der Waals surface area (Å²) in [4.78, 5) is 13.6. The fourth-order valence-electron chi connectivity index (χ4n) is 2.65. The summed E-state index contributed by atoms with van der Waals surface area (Å²) >= 11 is 0. The van der Waals surface area contributed by atoms with Gasteiger partial charge in [0.15, 0.2) is 0 Å². The Morgan fingerprint density at radius 1 is 1.29 bits per heavy atom. The van der Waals surface area contributed by atoms with Gasteiger partial charge in [0.1, 0.15) is 6.54 Å². The van der Waals surface area contributed by atoms with Gasteiger partial charge < -0.3 is 10.6 Å². The van der Waals surface area contributed by atoms with E-state index >= 15 is 0 Å². The Balaban J connectivity index is 1.75. The molecule has 2 unspecified atom stereocenters.